The molecule has 0 aliphatic heterocycles. The third-order valence-corrected chi connectivity index (χ3v) is 7.79. The zero-order valence-electron chi connectivity index (χ0n) is 20.7. The highest BCUT2D eigenvalue weighted by Gasteiger charge is 2.15. The molecule has 0 saturated heterocycles. The SMILES string of the molecule is c1cc(-c2c3ccccc3cc3ccccc23)cc(-c2c3ccccc3nc3c2ccc2ccccc23)c1. The van der Waals surface area contributed by atoms with Crippen LogP contribution in [0.3, 0.4) is 0 Å². The molecule has 0 fully saturated rings. The smallest absolute Gasteiger partial charge is 0.0794 e. The summed E-state index contributed by atoms with van der Waals surface area (Å²) in [5.41, 5.74) is 7.03. The molecule has 0 aliphatic carbocycles. The highest BCUT2D eigenvalue weighted by atomic mass is 14.7. The van der Waals surface area contributed by atoms with E-state index >= 15 is 0 Å². The monoisotopic (exact) mass is 481 g/mol. The fourth-order valence-corrected chi connectivity index (χ4v) is 6.09. The fraction of sp³-hybridized carbons (Fsp3) is 0. The molecule has 0 N–H and O–H groups in total. The summed E-state index contributed by atoms with van der Waals surface area (Å²) < 4.78 is 0. The minimum absolute atomic E-state index is 1.02. The fourth-order valence-electron chi connectivity index (χ4n) is 6.09. The molecule has 0 radical (unpaired) electrons. The Kier molecular flexibility index (Phi) is 4.59. The molecule has 0 bridgehead atoms. The number of para-hydroxylation sites is 1. The number of fused-ring (bicyclic) bond motifs is 6. The van der Waals surface area contributed by atoms with Gasteiger partial charge in [-0.05, 0) is 61.8 Å². The van der Waals surface area contributed by atoms with E-state index in [4.69, 9.17) is 4.98 Å². The summed E-state index contributed by atoms with van der Waals surface area (Å²) in [5.74, 6) is 0. The van der Waals surface area contributed by atoms with E-state index in [0.29, 0.717) is 0 Å². The first-order valence-electron chi connectivity index (χ1n) is 13.1. The van der Waals surface area contributed by atoms with E-state index in [1.807, 2.05) is 0 Å². The van der Waals surface area contributed by atoms with E-state index in [0.717, 1.165) is 11.0 Å². The van der Waals surface area contributed by atoms with Crippen LogP contribution in [0.2, 0.25) is 0 Å². The maximum absolute atomic E-state index is 5.15. The van der Waals surface area contributed by atoms with Crippen molar-refractivity contribution in [3.05, 3.63) is 140 Å². The second kappa shape index (κ2) is 8.26. The molecule has 0 aliphatic rings. The van der Waals surface area contributed by atoms with Gasteiger partial charge in [0.05, 0.1) is 11.0 Å². The van der Waals surface area contributed by atoms with Gasteiger partial charge in [0, 0.05) is 21.7 Å². The Bertz CT molecular complexity index is 2130. The predicted octanol–water partition coefficient (Wildman–Crippen LogP) is 10.2. The Morgan fingerprint density at radius 2 is 0.895 bits per heavy atom. The Morgan fingerprint density at radius 1 is 0.342 bits per heavy atom. The van der Waals surface area contributed by atoms with Crippen molar-refractivity contribution in [3.8, 4) is 22.3 Å². The molecule has 1 heterocycles. The van der Waals surface area contributed by atoms with Gasteiger partial charge in [-0.25, -0.2) is 4.98 Å². The van der Waals surface area contributed by atoms with Crippen LogP contribution in [-0.2, 0) is 0 Å². The van der Waals surface area contributed by atoms with Crippen molar-refractivity contribution in [2.45, 2.75) is 0 Å². The molecule has 38 heavy (non-hydrogen) atoms. The molecular formula is C37H23N. The van der Waals surface area contributed by atoms with Gasteiger partial charge in [-0.3, -0.25) is 0 Å². The van der Waals surface area contributed by atoms with Crippen LogP contribution in [-0.4, -0.2) is 4.98 Å². The van der Waals surface area contributed by atoms with Gasteiger partial charge < -0.3 is 0 Å². The molecule has 1 nitrogen and oxygen atoms in total. The summed E-state index contributed by atoms with van der Waals surface area (Å²) >= 11 is 0. The molecule has 0 saturated carbocycles. The van der Waals surface area contributed by atoms with E-state index in [9.17, 15) is 0 Å². The first kappa shape index (κ1) is 21.1. The van der Waals surface area contributed by atoms with Crippen LogP contribution in [0.1, 0.15) is 0 Å². The molecular weight excluding hydrogens is 458 g/mol. The van der Waals surface area contributed by atoms with Crippen molar-refractivity contribution in [1.29, 1.82) is 0 Å². The van der Waals surface area contributed by atoms with E-state index in [1.165, 1.54) is 65.3 Å². The number of aromatic nitrogens is 1. The summed E-state index contributed by atoms with van der Waals surface area (Å²) in [6.07, 6.45) is 0. The van der Waals surface area contributed by atoms with Gasteiger partial charge in [0.25, 0.3) is 0 Å². The van der Waals surface area contributed by atoms with Gasteiger partial charge in [0.2, 0.25) is 0 Å². The number of benzene rings is 7. The minimum Gasteiger partial charge on any atom is -0.247 e. The zero-order valence-corrected chi connectivity index (χ0v) is 20.7. The van der Waals surface area contributed by atoms with Crippen molar-refractivity contribution in [1.82, 2.24) is 4.98 Å². The molecule has 0 spiro atoms. The molecule has 0 atom stereocenters. The largest absolute Gasteiger partial charge is 0.247 e. The highest BCUT2D eigenvalue weighted by molar-refractivity contribution is 6.18. The Labute approximate surface area is 220 Å². The van der Waals surface area contributed by atoms with Crippen LogP contribution in [0.25, 0.3) is 76.4 Å². The third kappa shape index (κ3) is 3.16. The van der Waals surface area contributed by atoms with Crippen LogP contribution in [0.5, 0.6) is 0 Å². The molecule has 8 rings (SSSR count). The van der Waals surface area contributed by atoms with Crippen molar-refractivity contribution < 1.29 is 0 Å². The average Bonchev–Trinajstić information content (AvgIpc) is 2.98. The van der Waals surface area contributed by atoms with E-state index < -0.39 is 0 Å². The van der Waals surface area contributed by atoms with Crippen LogP contribution >= 0.6 is 0 Å². The molecule has 8 aromatic rings. The van der Waals surface area contributed by atoms with Crippen LogP contribution in [0, 0.1) is 0 Å². The van der Waals surface area contributed by atoms with E-state index in [-0.39, 0.29) is 0 Å². The predicted molar refractivity (Wildman–Crippen MR) is 163 cm³/mol. The van der Waals surface area contributed by atoms with Gasteiger partial charge in [-0.15, -0.1) is 0 Å². The Balaban J connectivity index is 1.48. The van der Waals surface area contributed by atoms with Crippen LogP contribution in [0.4, 0.5) is 0 Å². The first-order chi connectivity index (χ1) is 18.8. The van der Waals surface area contributed by atoms with Gasteiger partial charge in [-0.2, -0.15) is 0 Å². The summed E-state index contributed by atoms with van der Waals surface area (Å²) in [6, 6.07) is 50.3. The highest BCUT2D eigenvalue weighted by Crippen LogP contribution is 2.41. The summed E-state index contributed by atoms with van der Waals surface area (Å²) in [4.78, 5) is 5.15. The molecule has 176 valence electrons. The number of hydrogen-bond acceptors (Lipinski definition) is 1. The van der Waals surface area contributed by atoms with Gasteiger partial charge in [0.1, 0.15) is 0 Å². The lowest BCUT2D eigenvalue weighted by atomic mass is 9.89. The molecule has 1 heteroatoms. The average molecular weight is 482 g/mol. The summed E-state index contributed by atoms with van der Waals surface area (Å²) in [7, 11) is 0. The zero-order chi connectivity index (χ0) is 25.1. The van der Waals surface area contributed by atoms with Gasteiger partial charge in [0.15, 0.2) is 0 Å². The van der Waals surface area contributed by atoms with Crippen molar-refractivity contribution >= 4 is 54.1 Å². The van der Waals surface area contributed by atoms with Crippen LogP contribution in [0.15, 0.2) is 140 Å². The third-order valence-electron chi connectivity index (χ3n) is 7.79. The Hall–Kier alpha value is -5.01. The van der Waals surface area contributed by atoms with Crippen molar-refractivity contribution in [2.24, 2.45) is 0 Å². The second-order valence-electron chi connectivity index (χ2n) is 9.96. The normalized spacial score (nSPS) is 11.7. The maximum Gasteiger partial charge on any atom is 0.0794 e. The quantitative estimate of drug-likeness (QED) is 0.177. The molecule has 0 unspecified atom stereocenters. The lowest BCUT2D eigenvalue weighted by Crippen LogP contribution is -1.91. The van der Waals surface area contributed by atoms with E-state index in [1.54, 1.807) is 0 Å². The second-order valence-corrected chi connectivity index (χ2v) is 9.96. The maximum atomic E-state index is 5.15. The van der Waals surface area contributed by atoms with Crippen molar-refractivity contribution in [2.75, 3.05) is 0 Å². The van der Waals surface area contributed by atoms with Crippen LogP contribution < -0.4 is 0 Å². The molecule has 1 aromatic heterocycles. The number of pyridine rings is 1. The number of hydrogen-bond donors (Lipinski definition) is 0. The van der Waals surface area contributed by atoms with E-state index in [2.05, 4.69) is 140 Å². The lowest BCUT2D eigenvalue weighted by Gasteiger charge is -2.16. The number of nitrogens with zero attached hydrogens (tertiary/aromatic N) is 1. The summed E-state index contributed by atoms with van der Waals surface area (Å²) in [5, 5.41) is 9.84. The molecule has 0 amide bonds. The lowest BCUT2D eigenvalue weighted by molar-refractivity contribution is 1.51. The first-order valence-corrected chi connectivity index (χ1v) is 13.1. The van der Waals surface area contributed by atoms with Gasteiger partial charge in [-0.1, -0.05) is 121 Å². The van der Waals surface area contributed by atoms with Gasteiger partial charge >= 0.3 is 0 Å². The Morgan fingerprint density at radius 3 is 1.61 bits per heavy atom. The molecule has 7 aromatic carbocycles. The number of rotatable bonds is 2. The topological polar surface area (TPSA) is 12.9 Å². The minimum atomic E-state index is 1.02. The summed E-state index contributed by atoms with van der Waals surface area (Å²) in [6.45, 7) is 0. The van der Waals surface area contributed by atoms with Crippen molar-refractivity contribution in [3.63, 3.8) is 0 Å². The standard InChI is InChI=1S/C37H23N/c1-6-17-31-24(10-1)20-21-33-36(32-18-7-8-19-34(32)38-37(31)33)28-14-9-13-27(23-28)35-29-15-4-2-11-25(29)22-26-12-3-5-16-30(26)35/h1-23H.